The van der Waals surface area contributed by atoms with Crippen molar-refractivity contribution in [1.29, 1.82) is 0 Å². The highest BCUT2D eigenvalue weighted by molar-refractivity contribution is 5.94. The first-order valence-corrected chi connectivity index (χ1v) is 8.79. The number of aromatic nitrogens is 5. The Morgan fingerprint density at radius 2 is 2.08 bits per heavy atom. The molecule has 1 atom stereocenters. The lowest BCUT2D eigenvalue weighted by molar-refractivity contribution is 0.0672. The molecule has 1 amide bonds. The summed E-state index contributed by atoms with van der Waals surface area (Å²) < 4.78 is 0. The normalized spacial score (nSPS) is 17.2. The predicted molar refractivity (Wildman–Crippen MR) is 96.2 cm³/mol. The van der Waals surface area contributed by atoms with Crippen LogP contribution in [0.25, 0.3) is 11.5 Å². The lowest BCUT2D eigenvalue weighted by Gasteiger charge is -2.32. The number of carbonyl (C=O) groups is 1. The van der Waals surface area contributed by atoms with Crippen molar-refractivity contribution in [2.75, 3.05) is 13.1 Å². The SMILES string of the molecule is O=C(c1ccncc1)N1CCC[C@H](Cc2cc(-c3ncc[nH]3)ncn2)C1. The van der Waals surface area contributed by atoms with Crippen molar-refractivity contribution in [2.45, 2.75) is 19.3 Å². The highest BCUT2D eigenvalue weighted by Gasteiger charge is 2.25. The van der Waals surface area contributed by atoms with Crippen molar-refractivity contribution in [2.24, 2.45) is 5.92 Å². The number of piperidine rings is 1. The average molecular weight is 348 g/mol. The second kappa shape index (κ2) is 7.43. The smallest absolute Gasteiger partial charge is 0.253 e. The summed E-state index contributed by atoms with van der Waals surface area (Å²) in [6.07, 6.45) is 11.3. The Hall–Kier alpha value is -3.09. The van der Waals surface area contributed by atoms with Crippen LogP contribution in [0.2, 0.25) is 0 Å². The van der Waals surface area contributed by atoms with E-state index in [4.69, 9.17) is 0 Å². The molecule has 4 rings (SSSR count). The summed E-state index contributed by atoms with van der Waals surface area (Å²) in [6.45, 7) is 1.56. The van der Waals surface area contributed by atoms with Gasteiger partial charge in [-0.1, -0.05) is 0 Å². The van der Waals surface area contributed by atoms with Gasteiger partial charge in [-0.2, -0.15) is 0 Å². The zero-order chi connectivity index (χ0) is 17.8. The second-order valence-corrected chi connectivity index (χ2v) is 6.53. The fourth-order valence-corrected chi connectivity index (χ4v) is 3.43. The molecule has 0 unspecified atom stereocenters. The van der Waals surface area contributed by atoms with Crippen molar-refractivity contribution in [1.82, 2.24) is 29.8 Å². The Labute approximate surface area is 151 Å². The van der Waals surface area contributed by atoms with Crippen LogP contribution >= 0.6 is 0 Å². The number of hydrogen-bond acceptors (Lipinski definition) is 5. The summed E-state index contributed by atoms with van der Waals surface area (Å²) in [5.74, 6) is 1.22. The second-order valence-electron chi connectivity index (χ2n) is 6.53. The Morgan fingerprint density at radius 1 is 1.19 bits per heavy atom. The van der Waals surface area contributed by atoms with Gasteiger partial charge in [-0.15, -0.1) is 0 Å². The summed E-state index contributed by atoms with van der Waals surface area (Å²) in [4.78, 5) is 34.6. The maximum atomic E-state index is 12.7. The number of carbonyl (C=O) groups excluding carboxylic acids is 1. The van der Waals surface area contributed by atoms with Crippen LogP contribution in [0.1, 0.15) is 28.9 Å². The van der Waals surface area contributed by atoms with E-state index in [0.29, 0.717) is 11.5 Å². The van der Waals surface area contributed by atoms with Gasteiger partial charge >= 0.3 is 0 Å². The molecule has 132 valence electrons. The molecule has 7 nitrogen and oxygen atoms in total. The van der Waals surface area contributed by atoms with Crippen LogP contribution < -0.4 is 0 Å². The minimum Gasteiger partial charge on any atom is -0.343 e. The summed E-state index contributed by atoms with van der Waals surface area (Å²) in [6, 6.07) is 5.51. The van der Waals surface area contributed by atoms with Gasteiger partial charge in [0, 0.05) is 49.1 Å². The Kier molecular flexibility index (Phi) is 4.68. The summed E-state index contributed by atoms with van der Waals surface area (Å²) in [5.41, 5.74) is 2.47. The third-order valence-corrected chi connectivity index (χ3v) is 4.70. The van der Waals surface area contributed by atoms with Gasteiger partial charge in [-0.25, -0.2) is 15.0 Å². The lowest BCUT2D eigenvalue weighted by Crippen LogP contribution is -2.40. The maximum absolute atomic E-state index is 12.7. The number of likely N-dealkylation sites (tertiary alicyclic amines) is 1. The van der Waals surface area contributed by atoms with Gasteiger partial charge in [-0.05, 0) is 43.4 Å². The molecule has 1 fully saturated rings. The van der Waals surface area contributed by atoms with Crippen LogP contribution in [0.4, 0.5) is 0 Å². The number of pyridine rings is 1. The van der Waals surface area contributed by atoms with Gasteiger partial charge in [0.15, 0.2) is 5.82 Å². The molecule has 0 radical (unpaired) electrons. The molecule has 1 N–H and O–H groups in total. The highest BCUT2D eigenvalue weighted by Crippen LogP contribution is 2.22. The molecule has 3 aromatic heterocycles. The fraction of sp³-hybridized carbons (Fsp3) is 0.316. The molecular formula is C19H20N6O. The third kappa shape index (κ3) is 3.61. The molecule has 4 heterocycles. The van der Waals surface area contributed by atoms with Gasteiger partial charge in [0.1, 0.15) is 12.0 Å². The van der Waals surface area contributed by atoms with Crippen LogP contribution in [0.15, 0.2) is 49.3 Å². The maximum Gasteiger partial charge on any atom is 0.253 e. The predicted octanol–water partition coefficient (Wildman–Crippen LogP) is 2.36. The van der Waals surface area contributed by atoms with Crippen molar-refractivity contribution in [3.63, 3.8) is 0 Å². The lowest BCUT2D eigenvalue weighted by atomic mass is 9.92. The topological polar surface area (TPSA) is 87.7 Å². The zero-order valence-corrected chi connectivity index (χ0v) is 14.4. The number of H-pyrrole nitrogens is 1. The van der Waals surface area contributed by atoms with E-state index in [0.717, 1.165) is 49.6 Å². The zero-order valence-electron chi connectivity index (χ0n) is 14.4. The van der Waals surface area contributed by atoms with Crippen LogP contribution in [0.5, 0.6) is 0 Å². The summed E-state index contributed by atoms with van der Waals surface area (Å²) >= 11 is 0. The van der Waals surface area contributed by atoms with E-state index < -0.39 is 0 Å². The molecule has 3 aromatic rings. The molecule has 0 aromatic carbocycles. The van der Waals surface area contributed by atoms with Crippen LogP contribution in [-0.4, -0.2) is 48.8 Å². The number of nitrogens with one attached hydrogen (secondary N) is 1. The molecule has 26 heavy (non-hydrogen) atoms. The van der Waals surface area contributed by atoms with Gasteiger partial charge in [0.25, 0.3) is 5.91 Å². The highest BCUT2D eigenvalue weighted by atomic mass is 16.2. The van der Waals surface area contributed by atoms with E-state index in [1.165, 1.54) is 0 Å². The van der Waals surface area contributed by atoms with Crippen molar-refractivity contribution < 1.29 is 4.79 Å². The van der Waals surface area contributed by atoms with E-state index in [-0.39, 0.29) is 5.91 Å². The molecule has 7 heteroatoms. The number of rotatable bonds is 4. The molecule has 1 saturated heterocycles. The van der Waals surface area contributed by atoms with E-state index in [2.05, 4.69) is 24.9 Å². The van der Waals surface area contributed by atoms with E-state index in [1.807, 2.05) is 11.0 Å². The third-order valence-electron chi connectivity index (χ3n) is 4.70. The molecule has 1 aliphatic rings. The first-order chi connectivity index (χ1) is 12.8. The molecule has 0 saturated carbocycles. The van der Waals surface area contributed by atoms with E-state index >= 15 is 0 Å². The largest absolute Gasteiger partial charge is 0.343 e. The minimum absolute atomic E-state index is 0.0797. The molecule has 0 aliphatic carbocycles. The Balaban J connectivity index is 1.44. The van der Waals surface area contributed by atoms with Crippen molar-refractivity contribution in [3.05, 3.63) is 60.6 Å². The minimum atomic E-state index is 0.0797. The van der Waals surface area contributed by atoms with Gasteiger partial charge in [-0.3, -0.25) is 9.78 Å². The van der Waals surface area contributed by atoms with Gasteiger partial charge < -0.3 is 9.88 Å². The van der Waals surface area contributed by atoms with E-state index in [1.54, 1.807) is 43.2 Å². The number of aromatic amines is 1. The quantitative estimate of drug-likeness (QED) is 0.782. The fourth-order valence-electron chi connectivity index (χ4n) is 3.43. The molecule has 0 spiro atoms. The van der Waals surface area contributed by atoms with Gasteiger partial charge in [0.2, 0.25) is 0 Å². The molecule has 1 aliphatic heterocycles. The van der Waals surface area contributed by atoms with Crippen LogP contribution in [0.3, 0.4) is 0 Å². The first-order valence-electron chi connectivity index (χ1n) is 8.79. The summed E-state index contributed by atoms with van der Waals surface area (Å²) in [5, 5.41) is 0. The number of imidazole rings is 1. The number of amides is 1. The molecular weight excluding hydrogens is 328 g/mol. The van der Waals surface area contributed by atoms with Gasteiger partial charge in [0.05, 0.1) is 0 Å². The van der Waals surface area contributed by atoms with E-state index in [9.17, 15) is 4.79 Å². The Bertz CT molecular complexity index is 865. The monoisotopic (exact) mass is 348 g/mol. The van der Waals surface area contributed by atoms with Crippen molar-refractivity contribution in [3.8, 4) is 11.5 Å². The standard InChI is InChI=1S/C19H20N6O/c26-19(15-3-5-20-6-4-15)25-9-1-2-14(12-25)10-16-11-17(24-13-23-16)18-21-7-8-22-18/h3-8,11,13-14H,1-2,9-10,12H2,(H,21,22)/t14-/m1/s1. The van der Waals surface area contributed by atoms with Crippen molar-refractivity contribution >= 4 is 5.91 Å². The number of hydrogen-bond donors (Lipinski definition) is 1. The summed E-state index contributed by atoms with van der Waals surface area (Å²) in [7, 11) is 0. The first kappa shape index (κ1) is 16.4. The van der Waals surface area contributed by atoms with Crippen LogP contribution in [-0.2, 0) is 6.42 Å². The Morgan fingerprint density at radius 3 is 2.88 bits per heavy atom. The number of nitrogens with zero attached hydrogens (tertiary/aromatic N) is 5. The van der Waals surface area contributed by atoms with Crippen LogP contribution in [0, 0.1) is 5.92 Å². The molecule has 0 bridgehead atoms. The average Bonchev–Trinajstić information content (AvgIpc) is 3.23.